The molecule has 26 heavy (non-hydrogen) atoms. The highest BCUT2D eigenvalue weighted by molar-refractivity contribution is 8.01. The predicted molar refractivity (Wildman–Crippen MR) is 100 cm³/mol. The standard InChI is InChI=1S/C18H24N6OS/c1-10(2)12-7-5-11(6-8-12)9-23-15(20-21-22-23)14-18(3,4)26-17-13(19)16(25)24(14)17/h5-8,10,13-14,17H,9,19H2,1-4H3. The third kappa shape index (κ3) is 2.63. The summed E-state index contributed by atoms with van der Waals surface area (Å²) in [6, 6.07) is 7.93. The van der Waals surface area contributed by atoms with Gasteiger partial charge < -0.3 is 10.6 Å². The number of hydrogen-bond donors (Lipinski definition) is 1. The van der Waals surface area contributed by atoms with Crippen LogP contribution in [0.4, 0.5) is 0 Å². The maximum atomic E-state index is 12.3. The summed E-state index contributed by atoms with van der Waals surface area (Å²) in [6.07, 6.45) is 0. The van der Waals surface area contributed by atoms with Gasteiger partial charge in [-0.25, -0.2) is 4.68 Å². The summed E-state index contributed by atoms with van der Waals surface area (Å²) in [5, 5.41) is 12.4. The molecule has 3 heterocycles. The fourth-order valence-corrected chi connectivity index (χ4v) is 5.33. The van der Waals surface area contributed by atoms with Gasteiger partial charge in [0.05, 0.1) is 6.54 Å². The Kier molecular flexibility index (Phi) is 4.07. The molecular weight excluding hydrogens is 348 g/mol. The van der Waals surface area contributed by atoms with Crippen molar-refractivity contribution in [2.75, 3.05) is 0 Å². The molecule has 2 fully saturated rings. The molecular formula is C18H24N6OS. The van der Waals surface area contributed by atoms with Crippen LogP contribution in [0.15, 0.2) is 24.3 Å². The van der Waals surface area contributed by atoms with E-state index in [9.17, 15) is 4.79 Å². The normalized spacial score (nSPS) is 26.9. The van der Waals surface area contributed by atoms with Crippen LogP contribution in [-0.2, 0) is 11.3 Å². The van der Waals surface area contributed by atoms with Crippen molar-refractivity contribution in [2.24, 2.45) is 5.73 Å². The van der Waals surface area contributed by atoms with Gasteiger partial charge in [0.2, 0.25) is 5.91 Å². The SMILES string of the molecule is CC(C)c1ccc(Cn2nnnc2C2N3C(=O)C(N)C3SC2(C)C)cc1. The Morgan fingerprint density at radius 2 is 1.96 bits per heavy atom. The number of hydrogen-bond acceptors (Lipinski definition) is 6. The highest BCUT2D eigenvalue weighted by Gasteiger charge is 2.61. The molecule has 0 radical (unpaired) electrons. The fourth-order valence-electron chi connectivity index (χ4n) is 3.76. The third-order valence-corrected chi connectivity index (χ3v) is 6.86. The number of tetrazole rings is 1. The molecule has 1 aromatic carbocycles. The Morgan fingerprint density at radius 1 is 1.27 bits per heavy atom. The number of fused-ring (bicyclic) bond motifs is 1. The van der Waals surface area contributed by atoms with Crippen LogP contribution in [0.1, 0.15) is 56.6 Å². The smallest absolute Gasteiger partial charge is 0.244 e. The monoisotopic (exact) mass is 372 g/mol. The Balaban J connectivity index is 1.62. The fraction of sp³-hybridized carbons (Fsp3) is 0.556. The molecule has 2 aromatic rings. The Hall–Kier alpha value is -1.93. The first-order chi connectivity index (χ1) is 12.3. The average molecular weight is 372 g/mol. The summed E-state index contributed by atoms with van der Waals surface area (Å²) in [4.78, 5) is 14.2. The van der Waals surface area contributed by atoms with E-state index in [0.717, 1.165) is 11.4 Å². The summed E-state index contributed by atoms with van der Waals surface area (Å²) < 4.78 is 1.61. The van der Waals surface area contributed by atoms with Crippen molar-refractivity contribution >= 4 is 17.7 Å². The van der Waals surface area contributed by atoms with Crippen molar-refractivity contribution < 1.29 is 4.79 Å². The van der Waals surface area contributed by atoms with E-state index in [-0.39, 0.29) is 22.1 Å². The first-order valence-electron chi connectivity index (χ1n) is 8.90. The van der Waals surface area contributed by atoms with E-state index in [1.165, 1.54) is 5.56 Å². The van der Waals surface area contributed by atoms with Crippen LogP contribution >= 0.6 is 11.8 Å². The number of carbonyl (C=O) groups excluding carboxylic acids is 1. The molecule has 2 aliphatic rings. The number of carbonyl (C=O) groups is 1. The molecule has 8 heteroatoms. The number of amides is 1. The molecule has 138 valence electrons. The number of benzene rings is 1. The molecule has 2 N–H and O–H groups in total. The van der Waals surface area contributed by atoms with Crippen LogP contribution < -0.4 is 5.73 Å². The lowest BCUT2D eigenvalue weighted by Crippen LogP contribution is -2.65. The van der Waals surface area contributed by atoms with E-state index >= 15 is 0 Å². The molecule has 0 aliphatic carbocycles. The number of rotatable bonds is 4. The average Bonchev–Trinajstić information content (AvgIpc) is 3.14. The van der Waals surface area contributed by atoms with Crippen LogP contribution in [0.25, 0.3) is 0 Å². The lowest BCUT2D eigenvalue weighted by molar-refractivity contribution is -0.147. The summed E-state index contributed by atoms with van der Waals surface area (Å²) in [7, 11) is 0. The summed E-state index contributed by atoms with van der Waals surface area (Å²) in [6.45, 7) is 9.18. The maximum absolute atomic E-state index is 12.3. The zero-order valence-corrected chi connectivity index (χ0v) is 16.3. The van der Waals surface area contributed by atoms with E-state index < -0.39 is 6.04 Å². The van der Waals surface area contributed by atoms with E-state index in [1.54, 1.807) is 16.4 Å². The van der Waals surface area contributed by atoms with Gasteiger partial charge in [-0.15, -0.1) is 16.9 Å². The van der Waals surface area contributed by atoms with Crippen molar-refractivity contribution in [3.8, 4) is 0 Å². The van der Waals surface area contributed by atoms with Crippen molar-refractivity contribution in [3.05, 3.63) is 41.2 Å². The van der Waals surface area contributed by atoms with Crippen LogP contribution in [0, 0.1) is 0 Å². The van der Waals surface area contributed by atoms with Crippen molar-refractivity contribution in [1.29, 1.82) is 0 Å². The minimum absolute atomic E-state index is 0.0120. The highest BCUT2D eigenvalue weighted by atomic mass is 32.2. The molecule has 0 bridgehead atoms. The molecule has 0 saturated carbocycles. The van der Waals surface area contributed by atoms with Gasteiger partial charge >= 0.3 is 0 Å². The lowest BCUT2D eigenvalue weighted by Gasteiger charge is -2.42. The van der Waals surface area contributed by atoms with Gasteiger partial charge in [0.15, 0.2) is 5.82 Å². The minimum Gasteiger partial charge on any atom is -0.317 e. The second kappa shape index (κ2) is 6.06. The molecule has 2 aliphatic heterocycles. The summed E-state index contributed by atoms with van der Waals surface area (Å²) in [5.74, 6) is 1.20. The topological polar surface area (TPSA) is 89.9 Å². The van der Waals surface area contributed by atoms with Gasteiger partial charge in [-0.1, -0.05) is 38.1 Å². The molecule has 3 unspecified atom stereocenters. The van der Waals surface area contributed by atoms with Gasteiger partial charge in [-0.3, -0.25) is 4.79 Å². The van der Waals surface area contributed by atoms with E-state index in [0.29, 0.717) is 12.5 Å². The van der Waals surface area contributed by atoms with E-state index in [2.05, 4.69) is 67.5 Å². The van der Waals surface area contributed by atoms with Gasteiger partial charge in [-0.05, 0) is 41.3 Å². The highest BCUT2D eigenvalue weighted by Crippen LogP contribution is 2.56. The number of β-lactam (4-membered cyclic amide) rings is 1. The van der Waals surface area contributed by atoms with Gasteiger partial charge in [-0.2, -0.15) is 0 Å². The Labute approximate surface area is 157 Å². The Bertz CT molecular complexity index is 830. The van der Waals surface area contributed by atoms with Crippen LogP contribution in [0.3, 0.4) is 0 Å². The number of aromatic nitrogens is 4. The van der Waals surface area contributed by atoms with Gasteiger partial charge in [0.25, 0.3) is 0 Å². The van der Waals surface area contributed by atoms with Crippen molar-refractivity contribution in [1.82, 2.24) is 25.1 Å². The Morgan fingerprint density at radius 3 is 2.62 bits per heavy atom. The van der Waals surface area contributed by atoms with E-state index in [4.69, 9.17) is 5.73 Å². The molecule has 1 aromatic heterocycles. The van der Waals surface area contributed by atoms with Crippen LogP contribution in [-0.4, -0.2) is 47.2 Å². The second-order valence-electron chi connectivity index (χ2n) is 7.88. The minimum atomic E-state index is -0.419. The van der Waals surface area contributed by atoms with Gasteiger partial charge in [0, 0.05) is 4.75 Å². The quantitative estimate of drug-likeness (QED) is 0.825. The van der Waals surface area contributed by atoms with Crippen molar-refractivity contribution in [2.45, 2.75) is 62.4 Å². The first-order valence-corrected chi connectivity index (χ1v) is 9.78. The molecule has 2 saturated heterocycles. The molecule has 4 rings (SSSR count). The summed E-state index contributed by atoms with van der Waals surface area (Å²) >= 11 is 1.73. The van der Waals surface area contributed by atoms with Crippen molar-refractivity contribution in [3.63, 3.8) is 0 Å². The first kappa shape index (κ1) is 17.5. The zero-order valence-electron chi connectivity index (χ0n) is 15.5. The number of thioether (sulfide) groups is 1. The zero-order chi connectivity index (χ0) is 18.6. The number of nitrogens with two attached hydrogens (primary N) is 1. The molecule has 0 spiro atoms. The molecule has 1 amide bonds. The second-order valence-corrected chi connectivity index (χ2v) is 9.65. The lowest BCUT2D eigenvalue weighted by atomic mass is 9.95. The summed E-state index contributed by atoms with van der Waals surface area (Å²) in [5.41, 5.74) is 8.41. The van der Waals surface area contributed by atoms with Gasteiger partial charge in [0.1, 0.15) is 17.5 Å². The van der Waals surface area contributed by atoms with Crippen LogP contribution in [0.2, 0.25) is 0 Å². The third-order valence-electron chi connectivity index (χ3n) is 5.27. The van der Waals surface area contributed by atoms with E-state index in [1.807, 2.05) is 4.90 Å². The molecule has 7 nitrogen and oxygen atoms in total. The van der Waals surface area contributed by atoms with Crippen LogP contribution in [0.5, 0.6) is 0 Å². The predicted octanol–water partition coefficient (Wildman–Crippen LogP) is 1.91. The molecule has 3 atom stereocenters. The maximum Gasteiger partial charge on any atom is 0.244 e. The number of nitrogens with zero attached hydrogens (tertiary/aromatic N) is 5. The largest absolute Gasteiger partial charge is 0.317 e.